The third-order valence-electron chi connectivity index (χ3n) is 3.18. The van der Waals surface area contributed by atoms with Gasteiger partial charge in [-0.3, -0.25) is 14.6 Å². The molecule has 0 N–H and O–H groups in total. The van der Waals surface area contributed by atoms with Gasteiger partial charge in [-0.1, -0.05) is 0 Å². The molecule has 0 saturated heterocycles. The number of hydrogen-bond donors (Lipinski definition) is 0. The van der Waals surface area contributed by atoms with Gasteiger partial charge in [0, 0.05) is 36.8 Å². The lowest BCUT2D eigenvalue weighted by molar-refractivity contribution is 0.768. The van der Waals surface area contributed by atoms with Crippen LogP contribution in [0.3, 0.4) is 0 Å². The predicted octanol–water partition coefficient (Wildman–Crippen LogP) is 3.15. The molecule has 5 nitrogen and oxygen atoms in total. The first-order chi connectivity index (χ1) is 10.3. The molecule has 0 aromatic carbocycles. The van der Waals surface area contributed by atoms with Crippen LogP contribution >= 0.6 is 11.3 Å². The average Bonchev–Trinajstić information content (AvgIpc) is 3.13. The second kappa shape index (κ2) is 4.75. The predicted molar refractivity (Wildman–Crippen MR) is 82.8 cm³/mol. The van der Waals surface area contributed by atoms with Crippen LogP contribution in [0.15, 0.2) is 49.2 Å². The smallest absolute Gasteiger partial charge is 0.126 e. The maximum absolute atomic E-state index is 4.62. The summed E-state index contributed by atoms with van der Waals surface area (Å²) >= 11 is 1.65. The fraction of sp³-hybridized carbons (Fsp3) is 0.0667. The number of nitrogens with zero attached hydrogens (tertiary/aromatic N) is 5. The quantitative estimate of drug-likeness (QED) is 0.569. The molecule has 0 atom stereocenters. The SMILES string of the molecule is Cn1cc(-c2cc3sc(-c4cccnc4)nc3cn2)cn1. The standard InChI is InChI=1S/C15H11N5S/c1-20-9-11(7-18-20)12-5-14-13(8-17-12)19-15(21-14)10-3-2-4-16-6-10/h2-9H,1H3. The maximum atomic E-state index is 4.62. The van der Waals surface area contributed by atoms with Gasteiger partial charge in [0.15, 0.2) is 0 Å². The fourth-order valence-corrected chi connectivity index (χ4v) is 3.12. The highest BCUT2D eigenvalue weighted by atomic mass is 32.1. The molecule has 0 radical (unpaired) electrons. The van der Waals surface area contributed by atoms with Crippen molar-refractivity contribution >= 4 is 21.6 Å². The first-order valence-electron chi connectivity index (χ1n) is 6.45. The molecule has 6 heteroatoms. The third kappa shape index (κ3) is 2.19. The molecule has 21 heavy (non-hydrogen) atoms. The van der Waals surface area contributed by atoms with Crippen LogP contribution in [0.25, 0.3) is 32.0 Å². The van der Waals surface area contributed by atoms with E-state index >= 15 is 0 Å². The summed E-state index contributed by atoms with van der Waals surface area (Å²) in [7, 11) is 1.90. The van der Waals surface area contributed by atoms with Crippen LogP contribution in [0.4, 0.5) is 0 Å². The molecular weight excluding hydrogens is 282 g/mol. The van der Waals surface area contributed by atoms with E-state index in [9.17, 15) is 0 Å². The van der Waals surface area contributed by atoms with Crippen LogP contribution in [0.5, 0.6) is 0 Å². The summed E-state index contributed by atoms with van der Waals surface area (Å²) in [5.74, 6) is 0. The van der Waals surface area contributed by atoms with Crippen LogP contribution in [0, 0.1) is 0 Å². The summed E-state index contributed by atoms with van der Waals surface area (Å²) in [6.07, 6.45) is 9.18. The molecule has 0 amide bonds. The molecular formula is C15H11N5S. The van der Waals surface area contributed by atoms with Crippen molar-refractivity contribution in [1.29, 1.82) is 0 Å². The molecule has 4 rings (SSSR count). The van der Waals surface area contributed by atoms with Crippen molar-refractivity contribution < 1.29 is 0 Å². The Balaban J connectivity index is 1.82. The number of pyridine rings is 2. The van der Waals surface area contributed by atoms with E-state index in [1.807, 2.05) is 44.0 Å². The van der Waals surface area contributed by atoms with Crippen molar-refractivity contribution in [3.8, 4) is 21.8 Å². The molecule has 102 valence electrons. The van der Waals surface area contributed by atoms with Crippen molar-refractivity contribution in [3.05, 3.63) is 49.2 Å². The number of aromatic nitrogens is 5. The Labute approximate surface area is 124 Å². The molecule has 0 unspecified atom stereocenters. The van der Waals surface area contributed by atoms with Gasteiger partial charge in [0.25, 0.3) is 0 Å². The molecule has 0 spiro atoms. The van der Waals surface area contributed by atoms with E-state index in [0.717, 1.165) is 32.0 Å². The number of thiazole rings is 1. The Hall–Kier alpha value is -2.60. The zero-order valence-electron chi connectivity index (χ0n) is 11.3. The van der Waals surface area contributed by atoms with E-state index in [4.69, 9.17) is 0 Å². The van der Waals surface area contributed by atoms with Gasteiger partial charge >= 0.3 is 0 Å². The molecule has 4 heterocycles. The molecule has 0 saturated carbocycles. The van der Waals surface area contributed by atoms with Crippen LogP contribution in [-0.2, 0) is 7.05 Å². The van der Waals surface area contributed by atoms with Gasteiger partial charge < -0.3 is 0 Å². The normalized spacial score (nSPS) is 11.1. The molecule has 0 aliphatic carbocycles. The van der Waals surface area contributed by atoms with Crippen LogP contribution < -0.4 is 0 Å². The van der Waals surface area contributed by atoms with Gasteiger partial charge in [-0.15, -0.1) is 11.3 Å². The van der Waals surface area contributed by atoms with Gasteiger partial charge in [-0.25, -0.2) is 4.98 Å². The van der Waals surface area contributed by atoms with E-state index < -0.39 is 0 Å². The van der Waals surface area contributed by atoms with E-state index in [2.05, 4.69) is 26.1 Å². The summed E-state index contributed by atoms with van der Waals surface area (Å²) < 4.78 is 2.89. The second-order valence-corrected chi connectivity index (χ2v) is 5.73. The highest BCUT2D eigenvalue weighted by molar-refractivity contribution is 7.21. The van der Waals surface area contributed by atoms with Crippen LogP contribution in [0.1, 0.15) is 0 Å². The van der Waals surface area contributed by atoms with Crippen molar-refractivity contribution in [2.24, 2.45) is 7.05 Å². The number of fused-ring (bicyclic) bond motifs is 1. The van der Waals surface area contributed by atoms with Crippen molar-refractivity contribution in [2.75, 3.05) is 0 Å². The highest BCUT2D eigenvalue weighted by Crippen LogP contribution is 2.31. The van der Waals surface area contributed by atoms with Gasteiger partial charge in [-0.05, 0) is 18.2 Å². The lowest BCUT2D eigenvalue weighted by Gasteiger charge is -1.94. The first-order valence-corrected chi connectivity index (χ1v) is 7.27. The molecule has 0 aliphatic rings. The van der Waals surface area contributed by atoms with Crippen LogP contribution in [-0.4, -0.2) is 24.7 Å². The summed E-state index contributed by atoms with van der Waals surface area (Å²) in [6, 6.07) is 5.99. The largest absolute Gasteiger partial charge is 0.275 e. The summed E-state index contributed by atoms with van der Waals surface area (Å²) in [5, 5.41) is 5.14. The topological polar surface area (TPSA) is 56.5 Å². The number of aryl methyl sites for hydroxylation is 1. The second-order valence-electron chi connectivity index (χ2n) is 4.70. The highest BCUT2D eigenvalue weighted by Gasteiger charge is 2.09. The summed E-state index contributed by atoms with van der Waals surface area (Å²) in [5.41, 5.74) is 3.86. The average molecular weight is 293 g/mol. The number of hydrogen-bond acceptors (Lipinski definition) is 5. The minimum Gasteiger partial charge on any atom is -0.275 e. The summed E-state index contributed by atoms with van der Waals surface area (Å²) in [4.78, 5) is 13.2. The molecule has 0 fully saturated rings. The Kier molecular flexibility index (Phi) is 2.75. The Morgan fingerprint density at radius 2 is 2.10 bits per heavy atom. The van der Waals surface area contributed by atoms with Gasteiger partial charge in [0.05, 0.1) is 22.8 Å². The third-order valence-corrected chi connectivity index (χ3v) is 4.25. The minimum atomic E-state index is 0.909. The number of rotatable bonds is 2. The van der Waals surface area contributed by atoms with Crippen molar-refractivity contribution in [2.45, 2.75) is 0 Å². The van der Waals surface area contributed by atoms with Gasteiger partial charge in [0.1, 0.15) is 10.5 Å². The molecule has 4 aromatic heterocycles. The Bertz CT molecular complexity index is 910. The van der Waals surface area contributed by atoms with E-state index in [0.29, 0.717) is 0 Å². The zero-order valence-corrected chi connectivity index (χ0v) is 12.1. The maximum Gasteiger partial charge on any atom is 0.126 e. The fourth-order valence-electron chi connectivity index (χ4n) is 2.16. The van der Waals surface area contributed by atoms with Gasteiger partial charge in [0.2, 0.25) is 0 Å². The Morgan fingerprint density at radius 1 is 1.14 bits per heavy atom. The minimum absolute atomic E-state index is 0.909. The lowest BCUT2D eigenvalue weighted by Crippen LogP contribution is -1.84. The lowest BCUT2D eigenvalue weighted by atomic mass is 10.2. The van der Waals surface area contributed by atoms with Crippen LogP contribution in [0.2, 0.25) is 0 Å². The van der Waals surface area contributed by atoms with E-state index in [1.54, 1.807) is 22.2 Å². The zero-order chi connectivity index (χ0) is 14.2. The van der Waals surface area contributed by atoms with Gasteiger partial charge in [-0.2, -0.15) is 5.10 Å². The molecule has 0 aliphatic heterocycles. The Morgan fingerprint density at radius 3 is 2.86 bits per heavy atom. The molecule has 0 bridgehead atoms. The van der Waals surface area contributed by atoms with Crippen molar-refractivity contribution in [1.82, 2.24) is 24.7 Å². The van der Waals surface area contributed by atoms with E-state index in [-0.39, 0.29) is 0 Å². The summed E-state index contributed by atoms with van der Waals surface area (Å²) in [6.45, 7) is 0. The first kappa shape index (κ1) is 12.2. The van der Waals surface area contributed by atoms with E-state index in [1.165, 1.54) is 0 Å². The monoisotopic (exact) mass is 293 g/mol. The molecule has 4 aromatic rings. The van der Waals surface area contributed by atoms with Crippen molar-refractivity contribution in [3.63, 3.8) is 0 Å².